The van der Waals surface area contributed by atoms with Gasteiger partial charge < -0.3 is 5.73 Å². The van der Waals surface area contributed by atoms with E-state index in [2.05, 4.69) is 0 Å². The van der Waals surface area contributed by atoms with Crippen molar-refractivity contribution < 1.29 is 4.39 Å². The number of hydrogen-bond acceptors (Lipinski definition) is 2. The Morgan fingerprint density at radius 2 is 2.31 bits per heavy atom. The summed E-state index contributed by atoms with van der Waals surface area (Å²) in [5, 5.41) is 0.236. The van der Waals surface area contributed by atoms with Gasteiger partial charge in [-0.1, -0.05) is 17.7 Å². The fourth-order valence-electron chi connectivity index (χ4n) is 1.48. The first kappa shape index (κ1) is 9.31. The van der Waals surface area contributed by atoms with Crippen LogP contribution in [-0.4, -0.2) is 5.75 Å². The van der Waals surface area contributed by atoms with E-state index in [1.165, 1.54) is 6.07 Å². The zero-order chi connectivity index (χ0) is 9.42. The highest BCUT2D eigenvalue weighted by Crippen LogP contribution is 2.35. The molecule has 4 heteroatoms. The Labute approximate surface area is 85.5 Å². The molecule has 2 rings (SSSR count). The monoisotopic (exact) mass is 217 g/mol. The normalized spacial score (nSPS) is 21.3. The lowest BCUT2D eigenvalue weighted by molar-refractivity contribution is 0.624. The SMILES string of the molecule is N[C@H]1CSCc2c1ccc(F)c2Cl. The van der Waals surface area contributed by atoms with Gasteiger partial charge in [0.15, 0.2) is 0 Å². The van der Waals surface area contributed by atoms with Crippen molar-refractivity contribution in [2.24, 2.45) is 5.73 Å². The third-order valence-corrected chi connectivity index (χ3v) is 3.67. The Balaban J connectivity index is 2.56. The quantitative estimate of drug-likeness (QED) is 0.723. The van der Waals surface area contributed by atoms with Gasteiger partial charge in [0.05, 0.1) is 5.02 Å². The summed E-state index contributed by atoms with van der Waals surface area (Å²) in [5.74, 6) is 1.30. The molecule has 70 valence electrons. The second kappa shape index (κ2) is 3.48. The maximum Gasteiger partial charge on any atom is 0.142 e. The molecule has 1 atom stereocenters. The molecule has 1 aromatic rings. The molecule has 0 spiro atoms. The van der Waals surface area contributed by atoms with E-state index in [0.717, 1.165) is 22.6 Å². The summed E-state index contributed by atoms with van der Waals surface area (Å²) in [6.07, 6.45) is 0. The molecular formula is C9H9ClFNS. The molecular weight excluding hydrogens is 209 g/mol. The lowest BCUT2D eigenvalue weighted by Gasteiger charge is -2.22. The predicted molar refractivity (Wildman–Crippen MR) is 54.5 cm³/mol. The van der Waals surface area contributed by atoms with Crippen LogP contribution in [0.5, 0.6) is 0 Å². The van der Waals surface area contributed by atoms with Crippen molar-refractivity contribution >= 4 is 23.4 Å². The number of halogens is 2. The Bertz CT molecular complexity index is 343. The van der Waals surface area contributed by atoms with Crippen LogP contribution in [0.2, 0.25) is 5.02 Å². The topological polar surface area (TPSA) is 26.0 Å². The molecule has 0 radical (unpaired) electrons. The molecule has 1 aliphatic heterocycles. The van der Waals surface area contributed by atoms with Crippen LogP contribution in [0.1, 0.15) is 17.2 Å². The van der Waals surface area contributed by atoms with Gasteiger partial charge in [0.25, 0.3) is 0 Å². The van der Waals surface area contributed by atoms with Crippen LogP contribution in [0.3, 0.4) is 0 Å². The van der Waals surface area contributed by atoms with Crippen molar-refractivity contribution in [1.82, 2.24) is 0 Å². The van der Waals surface area contributed by atoms with Crippen molar-refractivity contribution in [3.63, 3.8) is 0 Å². The molecule has 0 aromatic heterocycles. The molecule has 0 unspecified atom stereocenters. The third kappa shape index (κ3) is 1.56. The molecule has 2 N–H and O–H groups in total. The van der Waals surface area contributed by atoms with E-state index in [1.54, 1.807) is 17.8 Å². The predicted octanol–water partition coefficient (Wildman–Crippen LogP) is 2.73. The molecule has 13 heavy (non-hydrogen) atoms. The number of hydrogen-bond donors (Lipinski definition) is 1. The van der Waals surface area contributed by atoms with Crippen molar-refractivity contribution in [2.75, 3.05) is 5.75 Å². The summed E-state index contributed by atoms with van der Waals surface area (Å²) in [6.45, 7) is 0. The minimum absolute atomic E-state index is 0.00755. The third-order valence-electron chi connectivity index (χ3n) is 2.18. The highest BCUT2D eigenvalue weighted by Gasteiger charge is 2.20. The summed E-state index contributed by atoms with van der Waals surface area (Å²) in [7, 11) is 0. The van der Waals surface area contributed by atoms with Gasteiger partial charge >= 0.3 is 0 Å². The van der Waals surface area contributed by atoms with Crippen LogP contribution in [0.25, 0.3) is 0 Å². The second-order valence-corrected chi connectivity index (χ2v) is 4.46. The van der Waals surface area contributed by atoms with Crippen molar-refractivity contribution in [3.05, 3.63) is 34.1 Å². The second-order valence-electron chi connectivity index (χ2n) is 3.05. The zero-order valence-electron chi connectivity index (χ0n) is 6.89. The number of benzene rings is 1. The van der Waals surface area contributed by atoms with Gasteiger partial charge in [-0.05, 0) is 17.2 Å². The Morgan fingerprint density at radius 3 is 3.08 bits per heavy atom. The Morgan fingerprint density at radius 1 is 1.54 bits per heavy atom. The Kier molecular flexibility index (Phi) is 2.49. The van der Waals surface area contributed by atoms with Crippen molar-refractivity contribution in [1.29, 1.82) is 0 Å². The van der Waals surface area contributed by atoms with Gasteiger partial charge in [-0.3, -0.25) is 0 Å². The number of rotatable bonds is 0. The van der Waals surface area contributed by atoms with Crippen LogP contribution >= 0.6 is 23.4 Å². The standard InChI is InChI=1S/C9H9ClFNS/c10-9-6-3-13-4-8(12)5(6)1-2-7(9)11/h1-2,8H,3-4,12H2/t8-/m0/s1. The summed E-state index contributed by atoms with van der Waals surface area (Å²) >= 11 is 7.53. The Hall–Kier alpha value is -0.250. The molecule has 0 bridgehead atoms. The smallest absolute Gasteiger partial charge is 0.142 e. The number of fused-ring (bicyclic) bond motifs is 1. The first-order valence-corrected chi connectivity index (χ1v) is 5.53. The van der Waals surface area contributed by atoms with E-state index >= 15 is 0 Å². The molecule has 0 saturated carbocycles. The van der Waals surface area contributed by atoms with Crippen molar-refractivity contribution in [3.8, 4) is 0 Å². The average molecular weight is 218 g/mol. The summed E-state index contributed by atoms with van der Waals surface area (Å²) < 4.78 is 13.1. The van der Waals surface area contributed by atoms with E-state index in [0.29, 0.717) is 0 Å². The molecule has 0 aliphatic carbocycles. The maximum absolute atomic E-state index is 13.1. The molecule has 1 aromatic carbocycles. The molecule has 1 heterocycles. The van der Waals surface area contributed by atoms with Gasteiger partial charge in [-0.15, -0.1) is 0 Å². The first-order chi connectivity index (χ1) is 6.20. The molecule has 0 amide bonds. The van der Waals surface area contributed by atoms with E-state index in [9.17, 15) is 4.39 Å². The lowest BCUT2D eigenvalue weighted by atomic mass is 10.0. The van der Waals surface area contributed by atoms with E-state index < -0.39 is 0 Å². The lowest BCUT2D eigenvalue weighted by Crippen LogP contribution is -2.19. The minimum Gasteiger partial charge on any atom is -0.323 e. The van der Waals surface area contributed by atoms with Gasteiger partial charge in [-0.25, -0.2) is 4.39 Å². The molecule has 0 saturated heterocycles. The van der Waals surface area contributed by atoms with Crippen LogP contribution < -0.4 is 5.73 Å². The van der Waals surface area contributed by atoms with Crippen molar-refractivity contribution in [2.45, 2.75) is 11.8 Å². The largest absolute Gasteiger partial charge is 0.323 e. The highest BCUT2D eigenvalue weighted by atomic mass is 35.5. The van der Waals surface area contributed by atoms with Crippen LogP contribution in [-0.2, 0) is 5.75 Å². The van der Waals surface area contributed by atoms with E-state index in [1.807, 2.05) is 0 Å². The van der Waals surface area contributed by atoms with E-state index in [4.69, 9.17) is 17.3 Å². The minimum atomic E-state index is -0.352. The van der Waals surface area contributed by atoms with Crippen LogP contribution in [0.15, 0.2) is 12.1 Å². The number of thioether (sulfide) groups is 1. The fraction of sp³-hybridized carbons (Fsp3) is 0.333. The van der Waals surface area contributed by atoms with Gasteiger partial charge in [0.1, 0.15) is 5.82 Å². The maximum atomic E-state index is 13.1. The fourth-order valence-corrected chi connectivity index (χ4v) is 2.86. The highest BCUT2D eigenvalue weighted by molar-refractivity contribution is 7.98. The molecule has 1 nitrogen and oxygen atoms in total. The zero-order valence-corrected chi connectivity index (χ0v) is 8.46. The first-order valence-electron chi connectivity index (χ1n) is 4.00. The van der Waals surface area contributed by atoms with Gasteiger partial charge in [0.2, 0.25) is 0 Å². The summed E-state index contributed by atoms with van der Waals surface area (Å²) in [5.41, 5.74) is 7.72. The van der Waals surface area contributed by atoms with Gasteiger partial charge in [0, 0.05) is 17.5 Å². The van der Waals surface area contributed by atoms with E-state index in [-0.39, 0.29) is 16.9 Å². The van der Waals surface area contributed by atoms with Crippen LogP contribution in [0.4, 0.5) is 4.39 Å². The summed E-state index contributed by atoms with van der Waals surface area (Å²) in [4.78, 5) is 0. The molecule has 0 fully saturated rings. The molecule has 1 aliphatic rings. The average Bonchev–Trinajstić information content (AvgIpc) is 2.12. The van der Waals surface area contributed by atoms with Gasteiger partial charge in [-0.2, -0.15) is 11.8 Å². The number of nitrogens with two attached hydrogens (primary N) is 1. The van der Waals surface area contributed by atoms with Crippen LogP contribution in [0, 0.1) is 5.82 Å². The summed E-state index contributed by atoms with van der Waals surface area (Å²) in [6, 6.07) is 3.12.